The summed E-state index contributed by atoms with van der Waals surface area (Å²) in [6.45, 7) is 9.49. The highest BCUT2D eigenvalue weighted by atomic mass is 15.1. The number of hydrogen-bond acceptors (Lipinski definition) is 1. The van der Waals surface area contributed by atoms with Crippen LogP contribution in [-0.2, 0) is 10.8 Å². The molecular weight excluding hydrogens is 639 g/mol. The van der Waals surface area contributed by atoms with Gasteiger partial charge in [0, 0.05) is 27.9 Å². The first-order valence-electron chi connectivity index (χ1n) is 18.8. The molecule has 2 aliphatic carbocycles. The first-order chi connectivity index (χ1) is 25.8. The fraction of sp³-hybridized carbons (Fsp3) is 0.115. The largest absolute Gasteiger partial charge is 0.310 e. The third-order valence-electron chi connectivity index (χ3n) is 12.0. The standard InChI is InChI=1S/C52H41N/c1-51(2)47-22-14-13-21-43(47)44-25-23-41(33-50(44)51)53(42-28-38(34-15-7-5-8-16-34)27-39(29-42)35-17-9-6-10-18-35)40-24-26-48-46(32-40)45-30-36-19-11-12-20-37(36)31-49(45)52(48,3)4/h5-33H,1-4H3. The minimum Gasteiger partial charge on any atom is -0.310 e. The highest BCUT2D eigenvalue weighted by Crippen LogP contribution is 2.54. The Labute approximate surface area is 312 Å². The minimum absolute atomic E-state index is 0.102. The van der Waals surface area contributed by atoms with Crippen molar-refractivity contribution in [1.29, 1.82) is 0 Å². The van der Waals surface area contributed by atoms with E-state index in [4.69, 9.17) is 0 Å². The molecule has 0 bridgehead atoms. The Kier molecular flexibility index (Phi) is 6.94. The second kappa shape index (κ2) is 11.7. The summed E-state index contributed by atoms with van der Waals surface area (Å²) in [4.78, 5) is 2.49. The third kappa shape index (κ3) is 4.91. The third-order valence-corrected chi connectivity index (χ3v) is 12.0. The fourth-order valence-corrected chi connectivity index (χ4v) is 9.18. The normalized spacial score (nSPS) is 14.3. The fourth-order valence-electron chi connectivity index (χ4n) is 9.18. The van der Waals surface area contributed by atoms with Gasteiger partial charge in [-0.1, -0.05) is 149 Å². The van der Waals surface area contributed by atoms with Crippen molar-refractivity contribution in [1.82, 2.24) is 0 Å². The minimum atomic E-state index is -0.114. The van der Waals surface area contributed by atoms with E-state index in [0.717, 1.165) is 17.1 Å². The van der Waals surface area contributed by atoms with Gasteiger partial charge in [-0.15, -0.1) is 0 Å². The molecule has 1 nitrogen and oxygen atoms in total. The van der Waals surface area contributed by atoms with Crippen LogP contribution >= 0.6 is 0 Å². The summed E-state index contributed by atoms with van der Waals surface area (Å²) in [6.07, 6.45) is 0. The van der Waals surface area contributed by atoms with Crippen LogP contribution in [0.2, 0.25) is 0 Å². The Balaban J connectivity index is 1.23. The molecule has 0 spiro atoms. The van der Waals surface area contributed by atoms with E-state index in [2.05, 4.69) is 209 Å². The number of nitrogens with zero attached hydrogens (tertiary/aromatic N) is 1. The van der Waals surface area contributed by atoms with E-state index in [1.807, 2.05) is 0 Å². The van der Waals surface area contributed by atoms with E-state index in [1.54, 1.807) is 0 Å². The van der Waals surface area contributed by atoms with Crippen molar-refractivity contribution >= 4 is 27.8 Å². The zero-order valence-electron chi connectivity index (χ0n) is 30.7. The molecule has 1 heteroatoms. The molecule has 0 aromatic heterocycles. The van der Waals surface area contributed by atoms with Gasteiger partial charge in [0.25, 0.3) is 0 Å². The van der Waals surface area contributed by atoms with Crippen LogP contribution in [0.15, 0.2) is 176 Å². The van der Waals surface area contributed by atoms with E-state index in [1.165, 1.54) is 77.5 Å². The van der Waals surface area contributed by atoms with Crippen molar-refractivity contribution in [3.63, 3.8) is 0 Å². The van der Waals surface area contributed by atoms with Crippen LogP contribution in [0.4, 0.5) is 17.1 Å². The summed E-state index contributed by atoms with van der Waals surface area (Å²) in [7, 11) is 0. The first-order valence-corrected chi connectivity index (χ1v) is 18.8. The molecule has 2 aliphatic rings. The molecule has 0 amide bonds. The van der Waals surface area contributed by atoms with E-state index in [0.29, 0.717) is 0 Å². The predicted octanol–water partition coefficient (Wildman–Crippen LogP) is 14.3. The van der Waals surface area contributed by atoms with Crippen LogP contribution in [0.25, 0.3) is 55.3 Å². The number of fused-ring (bicyclic) bond motifs is 7. The Morgan fingerprint density at radius 1 is 0.302 bits per heavy atom. The van der Waals surface area contributed by atoms with Crippen LogP contribution < -0.4 is 4.90 Å². The number of benzene rings is 8. The van der Waals surface area contributed by atoms with Crippen LogP contribution in [0.3, 0.4) is 0 Å². The molecule has 0 radical (unpaired) electrons. The molecule has 10 rings (SSSR count). The van der Waals surface area contributed by atoms with Crippen molar-refractivity contribution in [3.05, 3.63) is 198 Å². The van der Waals surface area contributed by atoms with Gasteiger partial charge in [0.05, 0.1) is 0 Å². The van der Waals surface area contributed by atoms with Gasteiger partial charge >= 0.3 is 0 Å². The quantitative estimate of drug-likeness (QED) is 0.175. The predicted molar refractivity (Wildman–Crippen MR) is 225 cm³/mol. The first kappa shape index (κ1) is 31.5. The smallest absolute Gasteiger partial charge is 0.0473 e. The lowest BCUT2D eigenvalue weighted by atomic mass is 9.82. The van der Waals surface area contributed by atoms with Gasteiger partial charge in [0.15, 0.2) is 0 Å². The monoisotopic (exact) mass is 679 g/mol. The summed E-state index contributed by atoms with van der Waals surface area (Å²) in [6, 6.07) is 65.4. The van der Waals surface area contributed by atoms with E-state index >= 15 is 0 Å². The van der Waals surface area contributed by atoms with Crippen LogP contribution in [0.5, 0.6) is 0 Å². The molecule has 8 aromatic rings. The van der Waals surface area contributed by atoms with Gasteiger partial charge in [0.2, 0.25) is 0 Å². The van der Waals surface area contributed by atoms with Gasteiger partial charge < -0.3 is 4.90 Å². The lowest BCUT2D eigenvalue weighted by Crippen LogP contribution is -2.17. The summed E-state index contributed by atoms with van der Waals surface area (Å²) < 4.78 is 0. The summed E-state index contributed by atoms with van der Waals surface area (Å²) >= 11 is 0. The van der Waals surface area contributed by atoms with Gasteiger partial charge in [-0.05, 0) is 132 Å². The Hall–Kier alpha value is -6.18. The molecule has 0 heterocycles. The van der Waals surface area contributed by atoms with Crippen molar-refractivity contribution in [2.24, 2.45) is 0 Å². The Morgan fingerprint density at radius 2 is 0.792 bits per heavy atom. The molecule has 0 saturated carbocycles. The highest BCUT2D eigenvalue weighted by Gasteiger charge is 2.38. The lowest BCUT2D eigenvalue weighted by molar-refractivity contribution is 0.660. The van der Waals surface area contributed by atoms with E-state index in [-0.39, 0.29) is 10.8 Å². The molecule has 0 N–H and O–H groups in total. The second-order valence-electron chi connectivity index (χ2n) is 15.8. The van der Waals surface area contributed by atoms with E-state index in [9.17, 15) is 0 Å². The summed E-state index contributed by atoms with van der Waals surface area (Å²) in [5, 5.41) is 2.57. The van der Waals surface area contributed by atoms with Gasteiger partial charge in [-0.3, -0.25) is 0 Å². The molecule has 0 fully saturated rings. The second-order valence-corrected chi connectivity index (χ2v) is 15.8. The van der Waals surface area contributed by atoms with Gasteiger partial charge in [-0.2, -0.15) is 0 Å². The molecule has 0 atom stereocenters. The Morgan fingerprint density at radius 3 is 1.47 bits per heavy atom. The van der Waals surface area contributed by atoms with Gasteiger partial charge in [0.1, 0.15) is 0 Å². The van der Waals surface area contributed by atoms with Crippen molar-refractivity contribution in [2.75, 3.05) is 4.90 Å². The van der Waals surface area contributed by atoms with Crippen molar-refractivity contribution < 1.29 is 0 Å². The number of anilines is 3. The van der Waals surface area contributed by atoms with Crippen molar-refractivity contribution in [2.45, 2.75) is 38.5 Å². The van der Waals surface area contributed by atoms with Crippen LogP contribution in [0, 0.1) is 0 Å². The van der Waals surface area contributed by atoms with Crippen LogP contribution in [-0.4, -0.2) is 0 Å². The maximum atomic E-state index is 2.49. The topological polar surface area (TPSA) is 3.24 Å². The molecule has 8 aromatic carbocycles. The lowest BCUT2D eigenvalue weighted by Gasteiger charge is -2.30. The molecule has 0 unspecified atom stereocenters. The number of rotatable bonds is 5. The molecule has 0 aliphatic heterocycles. The van der Waals surface area contributed by atoms with Crippen molar-refractivity contribution in [3.8, 4) is 44.5 Å². The van der Waals surface area contributed by atoms with E-state index < -0.39 is 0 Å². The molecule has 254 valence electrons. The van der Waals surface area contributed by atoms with Crippen LogP contribution in [0.1, 0.15) is 49.9 Å². The van der Waals surface area contributed by atoms with Gasteiger partial charge in [-0.25, -0.2) is 0 Å². The number of hydrogen-bond donors (Lipinski definition) is 0. The average molecular weight is 680 g/mol. The summed E-state index contributed by atoms with van der Waals surface area (Å²) in [5.74, 6) is 0. The highest BCUT2D eigenvalue weighted by molar-refractivity contribution is 5.96. The molecule has 0 saturated heterocycles. The average Bonchev–Trinajstić information content (AvgIpc) is 3.56. The Bertz CT molecular complexity index is 2660. The summed E-state index contributed by atoms with van der Waals surface area (Å²) in [5.41, 5.74) is 18.9. The molecule has 53 heavy (non-hydrogen) atoms. The molecular formula is C52H41N. The zero-order chi connectivity index (χ0) is 35.9. The zero-order valence-corrected chi connectivity index (χ0v) is 30.7. The maximum Gasteiger partial charge on any atom is 0.0473 e. The maximum absolute atomic E-state index is 2.49. The SMILES string of the molecule is CC1(C)c2ccccc2-c2ccc(N(c3cc(-c4ccccc4)cc(-c4ccccc4)c3)c3ccc4c(c3)-c3cc5ccccc5cc3C4(C)C)cc21.